The average molecular weight is 816 g/mol. The van der Waals surface area contributed by atoms with Gasteiger partial charge in [0.05, 0.1) is 11.4 Å². The molecule has 0 saturated heterocycles. The van der Waals surface area contributed by atoms with E-state index in [0.717, 1.165) is 61.3 Å². The first-order chi connectivity index (χ1) is 31.8. The molecule has 0 radical (unpaired) electrons. The van der Waals surface area contributed by atoms with Crippen LogP contribution in [-0.2, 0) is 0 Å². The lowest BCUT2D eigenvalue weighted by atomic mass is 9.88. The Kier molecular flexibility index (Phi) is 9.20. The lowest BCUT2D eigenvalue weighted by molar-refractivity contribution is 0.669. The SMILES string of the molecule is c1ccc(-c2ccccc2-c2ccccc2-c2ccccc2N(c2ccc(-c3cccc4c3ccc3ccccc34)cc2)c2ccccc2-c2ccc3oc4ccccc4c3c2)cc1. The molecule has 0 aliphatic rings. The van der Waals surface area contributed by atoms with Gasteiger partial charge in [-0.3, -0.25) is 0 Å². The predicted octanol–water partition coefficient (Wildman–Crippen LogP) is 17.7. The molecule has 0 aliphatic heterocycles. The van der Waals surface area contributed by atoms with Crippen LogP contribution in [0.3, 0.4) is 0 Å². The van der Waals surface area contributed by atoms with Crippen molar-refractivity contribution in [2.24, 2.45) is 0 Å². The molecule has 1 aromatic heterocycles. The maximum absolute atomic E-state index is 6.29. The normalized spacial score (nSPS) is 11.4. The highest BCUT2D eigenvalue weighted by molar-refractivity contribution is 6.12. The molecule has 0 atom stereocenters. The Morgan fingerprint density at radius 3 is 1.55 bits per heavy atom. The van der Waals surface area contributed by atoms with Crippen molar-refractivity contribution in [3.8, 4) is 55.6 Å². The molecule has 2 heteroatoms. The molecule has 0 N–H and O–H groups in total. The fraction of sp³-hybridized carbons (Fsp3) is 0. The molecule has 64 heavy (non-hydrogen) atoms. The third-order valence-corrected chi connectivity index (χ3v) is 12.7. The van der Waals surface area contributed by atoms with Gasteiger partial charge in [0.15, 0.2) is 0 Å². The third kappa shape index (κ3) is 6.44. The lowest BCUT2D eigenvalue weighted by Gasteiger charge is -2.30. The summed E-state index contributed by atoms with van der Waals surface area (Å²) in [5.74, 6) is 0. The number of hydrogen-bond donors (Lipinski definition) is 0. The molecule has 12 aromatic rings. The topological polar surface area (TPSA) is 16.4 Å². The Morgan fingerprint density at radius 2 is 0.766 bits per heavy atom. The van der Waals surface area contributed by atoms with Crippen LogP contribution in [0.1, 0.15) is 0 Å². The van der Waals surface area contributed by atoms with Crippen LogP contribution in [-0.4, -0.2) is 0 Å². The van der Waals surface area contributed by atoms with E-state index in [1.165, 1.54) is 54.9 Å². The fourth-order valence-electron chi connectivity index (χ4n) is 9.73. The molecule has 0 fully saturated rings. The molecule has 0 amide bonds. The van der Waals surface area contributed by atoms with Crippen LogP contribution >= 0.6 is 0 Å². The van der Waals surface area contributed by atoms with Crippen LogP contribution in [0.5, 0.6) is 0 Å². The molecule has 1 heterocycles. The fourth-order valence-corrected chi connectivity index (χ4v) is 9.73. The van der Waals surface area contributed by atoms with Crippen molar-refractivity contribution in [2.75, 3.05) is 4.90 Å². The number of furan rings is 1. The Balaban J connectivity index is 1.06. The molecule has 300 valence electrons. The van der Waals surface area contributed by atoms with Crippen molar-refractivity contribution < 1.29 is 4.42 Å². The van der Waals surface area contributed by atoms with E-state index >= 15 is 0 Å². The number of hydrogen-bond acceptors (Lipinski definition) is 2. The lowest BCUT2D eigenvalue weighted by Crippen LogP contribution is -2.12. The summed E-state index contributed by atoms with van der Waals surface area (Å²) in [6, 6.07) is 89.8. The molecule has 0 unspecified atom stereocenters. The highest BCUT2D eigenvalue weighted by atomic mass is 16.3. The van der Waals surface area contributed by atoms with E-state index < -0.39 is 0 Å². The molecular weight excluding hydrogens is 775 g/mol. The summed E-state index contributed by atoms with van der Waals surface area (Å²) in [7, 11) is 0. The molecule has 2 nitrogen and oxygen atoms in total. The maximum atomic E-state index is 6.29. The van der Waals surface area contributed by atoms with E-state index in [2.05, 4.69) is 241 Å². The van der Waals surface area contributed by atoms with E-state index in [9.17, 15) is 0 Å². The highest BCUT2D eigenvalue weighted by Gasteiger charge is 2.23. The van der Waals surface area contributed by atoms with Crippen molar-refractivity contribution >= 4 is 60.5 Å². The summed E-state index contributed by atoms with van der Waals surface area (Å²) in [6.07, 6.45) is 0. The number of anilines is 3. The molecule has 0 spiro atoms. The summed E-state index contributed by atoms with van der Waals surface area (Å²) in [6.45, 7) is 0. The minimum Gasteiger partial charge on any atom is -0.456 e. The van der Waals surface area contributed by atoms with E-state index in [0.29, 0.717) is 0 Å². The zero-order valence-corrected chi connectivity index (χ0v) is 35.0. The van der Waals surface area contributed by atoms with Gasteiger partial charge in [-0.1, -0.05) is 206 Å². The van der Waals surface area contributed by atoms with Gasteiger partial charge in [0.1, 0.15) is 11.2 Å². The smallest absolute Gasteiger partial charge is 0.135 e. The summed E-state index contributed by atoms with van der Waals surface area (Å²) >= 11 is 0. The quantitative estimate of drug-likeness (QED) is 0.142. The van der Waals surface area contributed by atoms with Crippen molar-refractivity contribution in [1.82, 2.24) is 0 Å². The van der Waals surface area contributed by atoms with Gasteiger partial charge >= 0.3 is 0 Å². The Labute approximate surface area is 372 Å². The minimum atomic E-state index is 0.883. The number of rotatable bonds is 8. The van der Waals surface area contributed by atoms with E-state index in [-0.39, 0.29) is 0 Å². The minimum absolute atomic E-state index is 0.883. The standard InChI is InChI=1S/C62H41NO/c1-2-17-42(18-3-1)47-21-6-7-23-51(47)53-24-8-9-25-54(53)56-26-11-14-31-60(56)63(59-30-13-10-22-50(59)45-36-40-62-58(41-45)57-27-12-15-32-61(57)64-62)46-37-33-44(34-38-46)49-28-16-29-52-48-20-5-4-19-43(48)35-39-55(49)52/h1-41H. The van der Waals surface area contributed by atoms with Crippen LogP contribution < -0.4 is 4.90 Å². The van der Waals surface area contributed by atoms with E-state index in [4.69, 9.17) is 4.42 Å². The van der Waals surface area contributed by atoms with E-state index in [1.807, 2.05) is 12.1 Å². The second-order valence-corrected chi connectivity index (χ2v) is 16.4. The van der Waals surface area contributed by atoms with Crippen molar-refractivity contribution in [3.05, 3.63) is 249 Å². The average Bonchev–Trinajstić information content (AvgIpc) is 3.75. The number of fused-ring (bicyclic) bond motifs is 6. The van der Waals surface area contributed by atoms with E-state index in [1.54, 1.807) is 0 Å². The van der Waals surface area contributed by atoms with Crippen molar-refractivity contribution in [1.29, 1.82) is 0 Å². The van der Waals surface area contributed by atoms with Gasteiger partial charge in [0, 0.05) is 27.6 Å². The van der Waals surface area contributed by atoms with Crippen molar-refractivity contribution in [2.45, 2.75) is 0 Å². The second-order valence-electron chi connectivity index (χ2n) is 16.4. The summed E-state index contributed by atoms with van der Waals surface area (Å²) < 4.78 is 6.29. The third-order valence-electron chi connectivity index (χ3n) is 12.7. The number of nitrogens with zero attached hydrogens (tertiary/aromatic N) is 1. The molecule has 0 saturated carbocycles. The van der Waals surface area contributed by atoms with Crippen molar-refractivity contribution in [3.63, 3.8) is 0 Å². The Bertz CT molecular complexity index is 3670. The van der Waals surface area contributed by atoms with Gasteiger partial charge in [-0.2, -0.15) is 0 Å². The zero-order valence-electron chi connectivity index (χ0n) is 35.0. The Hall–Kier alpha value is -8.46. The van der Waals surface area contributed by atoms with Crippen LogP contribution in [0.25, 0.3) is 99.1 Å². The van der Waals surface area contributed by atoms with Crippen LogP contribution in [0, 0.1) is 0 Å². The van der Waals surface area contributed by atoms with Crippen LogP contribution in [0.4, 0.5) is 17.1 Å². The first-order valence-electron chi connectivity index (χ1n) is 21.9. The molecule has 11 aromatic carbocycles. The molecule has 0 bridgehead atoms. The van der Waals surface area contributed by atoms with Gasteiger partial charge in [-0.05, 0) is 109 Å². The zero-order chi connectivity index (χ0) is 42.4. The summed E-state index contributed by atoms with van der Waals surface area (Å²) in [5, 5.41) is 7.25. The van der Waals surface area contributed by atoms with Gasteiger partial charge in [-0.15, -0.1) is 0 Å². The first kappa shape index (κ1) is 37.3. The Morgan fingerprint density at radius 1 is 0.250 bits per heavy atom. The summed E-state index contributed by atoms with van der Waals surface area (Å²) in [5.41, 5.74) is 16.7. The molecule has 12 rings (SSSR count). The van der Waals surface area contributed by atoms with Gasteiger partial charge in [-0.25, -0.2) is 0 Å². The number of benzene rings is 11. The monoisotopic (exact) mass is 815 g/mol. The molecule has 0 aliphatic carbocycles. The molecular formula is C62H41NO. The predicted molar refractivity (Wildman–Crippen MR) is 271 cm³/mol. The first-order valence-corrected chi connectivity index (χ1v) is 21.9. The van der Waals surface area contributed by atoms with Gasteiger partial charge in [0.2, 0.25) is 0 Å². The number of para-hydroxylation sites is 3. The maximum Gasteiger partial charge on any atom is 0.135 e. The second kappa shape index (κ2) is 15.8. The summed E-state index contributed by atoms with van der Waals surface area (Å²) in [4.78, 5) is 2.45. The van der Waals surface area contributed by atoms with Gasteiger partial charge < -0.3 is 9.32 Å². The van der Waals surface area contributed by atoms with Crippen LogP contribution in [0.15, 0.2) is 253 Å². The largest absolute Gasteiger partial charge is 0.456 e. The van der Waals surface area contributed by atoms with Crippen LogP contribution in [0.2, 0.25) is 0 Å². The highest BCUT2D eigenvalue weighted by Crippen LogP contribution is 2.48. The van der Waals surface area contributed by atoms with Gasteiger partial charge in [0.25, 0.3) is 0 Å².